The molecule has 0 saturated carbocycles. The van der Waals surface area contributed by atoms with E-state index in [0.717, 1.165) is 56.2 Å². The van der Waals surface area contributed by atoms with Crippen molar-refractivity contribution < 1.29 is 9.53 Å². The van der Waals surface area contributed by atoms with Crippen LogP contribution in [0, 0.1) is 0 Å². The molecule has 4 N–H and O–H groups in total. The molecule has 0 aromatic heterocycles. The Kier molecular flexibility index (Phi) is 7.61. The van der Waals surface area contributed by atoms with Crippen molar-refractivity contribution in [1.82, 2.24) is 4.90 Å². The molecule has 2 aliphatic rings. The first kappa shape index (κ1) is 23.5. The monoisotopic (exact) mass is 460 g/mol. The molecule has 8 heteroatoms. The lowest BCUT2D eigenvalue weighted by Gasteiger charge is -2.36. The van der Waals surface area contributed by atoms with Crippen molar-refractivity contribution in [3.05, 3.63) is 72.6 Å². The minimum absolute atomic E-state index is 0.0268. The maximum absolute atomic E-state index is 12.2. The van der Waals surface area contributed by atoms with E-state index in [2.05, 4.69) is 39.2 Å². The highest BCUT2D eigenvalue weighted by molar-refractivity contribution is 5.95. The topological polar surface area (TPSA) is 95.2 Å². The fourth-order valence-electron chi connectivity index (χ4n) is 3.90. The molecule has 2 aliphatic heterocycles. The molecule has 1 atom stereocenters. The summed E-state index contributed by atoms with van der Waals surface area (Å²) in [5.74, 6) is 0.543. The number of morpholine rings is 1. The van der Waals surface area contributed by atoms with Crippen LogP contribution in [0.3, 0.4) is 0 Å². The average Bonchev–Trinajstić information content (AvgIpc) is 2.84. The molecule has 0 unspecified atom stereocenters. The van der Waals surface area contributed by atoms with Crippen LogP contribution in [-0.4, -0.2) is 63.0 Å². The third-order valence-corrected chi connectivity index (χ3v) is 6.09. The molecule has 4 rings (SSSR count). The van der Waals surface area contributed by atoms with Gasteiger partial charge < -0.3 is 26.0 Å². The summed E-state index contributed by atoms with van der Waals surface area (Å²) in [6.45, 7) is 8.26. The van der Waals surface area contributed by atoms with E-state index in [1.54, 1.807) is 12.3 Å². The number of allylic oxidation sites excluding steroid dienone is 1. The maximum Gasteiger partial charge on any atom is 0.241 e. The summed E-state index contributed by atoms with van der Waals surface area (Å²) in [6, 6.07) is 15.6. The highest BCUT2D eigenvalue weighted by atomic mass is 16.5. The van der Waals surface area contributed by atoms with Gasteiger partial charge in [0.15, 0.2) is 0 Å². The van der Waals surface area contributed by atoms with Gasteiger partial charge in [-0.2, -0.15) is 0 Å². The lowest BCUT2D eigenvalue weighted by molar-refractivity contribution is -0.124. The Balaban J connectivity index is 1.26. The fraction of sp³-hybridized carbons (Fsp3) is 0.308. The third kappa shape index (κ3) is 6.03. The van der Waals surface area contributed by atoms with Crippen LogP contribution in [0.1, 0.15) is 12.0 Å². The lowest BCUT2D eigenvalue weighted by Crippen LogP contribution is -2.51. The molecule has 2 heterocycles. The Labute approximate surface area is 200 Å². The average molecular weight is 461 g/mol. The summed E-state index contributed by atoms with van der Waals surface area (Å²) >= 11 is 0. The third-order valence-electron chi connectivity index (χ3n) is 6.09. The smallest absolute Gasteiger partial charge is 0.241 e. The zero-order valence-corrected chi connectivity index (χ0v) is 19.5. The van der Waals surface area contributed by atoms with Crippen LogP contribution in [0.15, 0.2) is 72.0 Å². The molecule has 2 saturated heterocycles. The normalized spacial score (nSPS) is 19.0. The van der Waals surface area contributed by atoms with Crippen LogP contribution in [0.5, 0.6) is 0 Å². The van der Waals surface area contributed by atoms with Crippen molar-refractivity contribution in [1.29, 1.82) is 0 Å². The van der Waals surface area contributed by atoms with Crippen molar-refractivity contribution in [2.24, 2.45) is 10.7 Å². The first-order chi connectivity index (χ1) is 16.5. The van der Waals surface area contributed by atoms with Gasteiger partial charge in [0.25, 0.3) is 0 Å². The molecule has 2 aromatic carbocycles. The quantitative estimate of drug-likeness (QED) is 0.524. The van der Waals surface area contributed by atoms with Gasteiger partial charge in [0.1, 0.15) is 5.82 Å². The van der Waals surface area contributed by atoms with Crippen molar-refractivity contribution in [2.45, 2.75) is 12.5 Å². The number of hydrogen-bond donors (Lipinski definition) is 3. The molecule has 0 spiro atoms. The standard InChI is InChI=1S/C26H32N6O2/c1-19(29-21-7-9-23(10-8-21)32-15-17-34-18-16-32)28-13-11-24(27)20-3-5-22(6-4-20)30-26(33)25-12-14-31(25)2/h3-11,13,25,29H,1,12,14-18,27H2,2H3,(H,30,33)/b24-11-,28-13-/t25-/m0/s1. The molecule has 1 amide bonds. The molecule has 34 heavy (non-hydrogen) atoms. The summed E-state index contributed by atoms with van der Waals surface area (Å²) < 4.78 is 5.40. The number of carbonyl (C=O) groups excluding carboxylic acids is 1. The van der Waals surface area contributed by atoms with Gasteiger partial charge in [0, 0.05) is 48.6 Å². The molecule has 2 fully saturated rings. The van der Waals surface area contributed by atoms with Gasteiger partial charge in [-0.15, -0.1) is 0 Å². The summed E-state index contributed by atoms with van der Waals surface area (Å²) in [7, 11) is 1.95. The largest absolute Gasteiger partial charge is 0.398 e. The van der Waals surface area contributed by atoms with Crippen LogP contribution < -0.4 is 21.3 Å². The summed E-state index contributed by atoms with van der Waals surface area (Å²) in [6.07, 6.45) is 4.25. The maximum atomic E-state index is 12.2. The number of carbonyl (C=O) groups is 1. The molecular formula is C26H32N6O2. The van der Waals surface area contributed by atoms with E-state index in [-0.39, 0.29) is 11.9 Å². The summed E-state index contributed by atoms with van der Waals surface area (Å²) in [5, 5.41) is 6.13. The van der Waals surface area contributed by atoms with E-state index in [1.807, 2.05) is 48.3 Å². The van der Waals surface area contributed by atoms with Gasteiger partial charge in [-0.05, 0) is 61.5 Å². The number of hydrogen-bond acceptors (Lipinski definition) is 7. The molecule has 178 valence electrons. The second-order valence-corrected chi connectivity index (χ2v) is 8.47. The van der Waals surface area contributed by atoms with E-state index < -0.39 is 0 Å². The number of nitrogens with two attached hydrogens (primary N) is 1. The number of benzene rings is 2. The molecule has 0 radical (unpaired) electrons. The predicted octanol–water partition coefficient (Wildman–Crippen LogP) is 3.12. The van der Waals surface area contributed by atoms with E-state index in [4.69, 9.17) is 10.5 Å². The number of likely N-dealkylation sites (tertiary alicyclic amines) is 1. The minimum Gasteiger partial charge on any atom is -0.398 e. The molecule has 8 nitrogen and oxygen atoms in total. The fourth-order valence-corrected chi connectivity index (χ4v) is 3.90. The van der Waals surface area contributed by atoms with Crippen molar-refractivity contribution >= 4 is 34.9 Å². The van der Waals surface area contributed by atoms with E-state index in [0.29, 0.717) is 11.5 Å². The van der Waals surface area contributed by atoms with Gasteiger partial charge >= 0.3 is 0 Å². The number of rotatable bonds is 8. The van der Waals surface area contributed by atoms with Crippen LogP contribution in [0.2, 0.25) is 0 Å². The number of nitrogens with one attached hydrogen (secondary N) is 2. The van der Waals surface area contributed by atoms with Crippen LogP contribution >= 0.6 is 0 Å². The van der Waals surface area contributed by atoms with Crippen LogP contribution in [0.25, 0.3) is 5.70 Å². The Morgan fingerprint density at radius 1 is 1.06 bits per heavy atom. The van der Waals surface area contributed by atoms with Gasteiger partial charge in [0.2, 0.25) is 5.91 Å². The highest BCUT2D eigenvalue weighted by Crippen LogP contribution is 2.20. The van der Waals surface area contributed by atoms with Crippen molar-refractivity contribution in [3.63, 3.8) is 0 Å². The minimum atomic E-state index is -0.0368. The van der Waals surface area contributed by atoms with Gasteiger partial charge in [-0.3, -0.25) is 9.69 Å². The Bertz CT molecular complexity index is 1060. The number of anilines is 3. The molecule has 0 aliphatic carbocycles. The predicted molar refractivity (Wildman–Crippen MR) is 139 cm³/mol. The van der Waals surface area contributed by atoms with Gasteiger partial charge in [-0.25, -0.2) is 4.99 Å². The second-order valence-electron chi connectivity index (χ2n) is 8.47. The number of amides is 1. The summed E-state index contributed by atoms with van der Waals surface area (Å²) in [4.78, 5) is 20.9. The zero-order valence-electron chi connectivity index (χ0n) is 19.5. The van der Waals surface area contributed by atoms with Crippen molar-refractivity contribution in [2.75, 3.05) is 55.4 Å². The van der Waals surface area contributed by atoms with Crippen molar-refractivity contribution in [3.8, 4) is 0 Å². The van der Waals surface area contributed by atoms with Crippen LogP contribution in [0.4, 0.5) is 17.1 Å². The molecular weight excluding hydrogens is 428 g/mol. The molecule has 2 aromatic rings. The SMILES string of the molecule is C=C(/N=C\C=C(/N)c1ccc(NC(=O)[C@@H]2CCN2C)cc1)Nc1ccc(N2CCOCC2)cc1. The zero-order chi connectivity index (χ0) is 23.9. The number of likely N-dealkylation sites (N-methyl/N-ethyl adjacent to an activating group) is 1. The van der Waals surface area contributed by atoms with Gasteiger partial charge in [0.05, 0.1) is 19.3 Å². The van der Waals surface area contributed by atoms with Crippen LogP contribution in [-0.2, 0) is 9.53 Å². The highest BCUT2D eigenvalue weighted by Gasteiger charge is 2.30. The van der Waals surface area contributed by atoms with Gasteiger partial charge in [-0.1, -0.05) is 18.7 Å². The Morgan fingerprint density at radius 3 is 2.32 bits per heavy atom. The number of ether oxygens (including phenoxy) is 1. The van der Waals surface area contributed by atoms with E-state index in [1.165, 1.54) is 5.69 Å². The lowest BCUT2D eigenvalue weighted by atomic mass is 10.0. The number of aliphatic imine (C=N–C) groups is 1. The Morgan fingerprint density at radius 2 is 1.71 bits per heavy atom. The van der Waals surface area contributed by atoms with E-state index >= 15 is 0 Å². The van der Waals surface area contributed by atoms with E-state index in [9.17, 15) is 4.79 Å². The molecule has 0 bridgehead atoms. The number of nitrogens with zero attached hydrogens (tertiary/aromatic N) is 3. The second kappa shape index (κ2) is 11.0. The first-order valence-corrected chi connectivity index (χ1v) is 11.5. The Hall–Kier alpha value is -3.62. The summed E-state index contributed by atoms with van der Waals surface area (Å²) in [5.41, 5.74) is 10.5. The first-order valence-electron chi connectivity index (χ1n) is 11.5.